The smallest absolute Gasteiger partial charge is 0.191 e. The highest BCUT2D eigenvalue weighted by Crippen LogP contribution is 2.23. The number of thioether (sulfide) groups is 1. The number of rotatable bonds is 3. The van der Waals surface area contributed by atoms with E-state index in [-0.39, 0.29) is 5.82 Å². The third-order valence-corrected chi connectivity index (χ3v) is 3.26. The summed E-state index contributed by atoms with van der Waals surface area (Å²) in [6.07, 6.45) is 1.87. The molecule has 1 aromatic heterocycles. The lowest BCUT2D eigenvalue weighted by Crippen LogP contribution is -2.00. The molecule has 0 atom stereocenters. The van der Waals surface area contributed by atoms with E-state index in [0.29, 0.717) is 27.0 Å². The second-order valence-electron chi connectivity index (χ2n) is 3.42. The van der Waals surface area contributed by atoms with Crippen LogP contribution in [-0.4, -0.2) is 16.2 Å². The molecule has 1 heterocycles. The molecule has 18 heavy (non-hydrogen) atoms. The fourth-order valence-electron chi connectivity index (χ4n) is 1.32. The summed E-state index contributed by atoms with van der Waals surface area (Å²) in [7, 11) is 0. The molecule has 3 N–H and O–H groups in total. The number of halogens is 2. The fraction of sp³-hybridized carbons (Fsp3) is 0.0909. The normalized spacial score (nSPS) is 10.4. The summed E-state index contributed by atoms with van der Waals surface area (Å²) >= 11 is 4.53. The summed E-state index contributed by atoms with van der Waals surface area (Å²) < 4.78 is 13.5. The summed E-state index contributed by atoms with van der Waals surface area (Å²) in [4.78, 5) is 8.30. The van der Waals surface area contributed by atoms with Crippen LogP contribution < -0.4 is 11.1 Å². The van der Waals surface area contributed by atoms with Crippen LogP contribution in [0.25, 0.3) is 0 Å². The predicted octanol–water partition coefficient (Wildman–Crippen LogP) is 3.43. The molecule has 0 saturated carbocycles. The number of anilines is 3. The Morgan fingerprint density at radius 1 is 1.33 bits per heavy atom. The Kier molecular flexibility index (Phi) is 4.03. The van der Waals surface area contributed by atoms with Crippen molar-refractivity contribution < 1.29 is 4.39 Å². The van der Waals surface area contributed by atoms with Crippen LogP contribution in [-0.2, 0) is 0 Å². The van der Waals surface area contributed by atoms with E-state index >= 15 is 0 Å². The lowest BCUT2D eigenvalue weighted by molar-refractivity contribution is 0.621. The van der Waals surface area contributed by atoms with Crippen molar-refractivity contribution in [2.45, 2.75) is 5.16 Å². The van der Waals surface area contributed by atoms with Crippen LogP contribution in [0, 0.1) is 5.82 Å². The molecule has 1 aromatic carbocycles. The van der Waals surface area contributed by atoms with Gasteiger partial charge in [-0.3, -0.25) is 0 Å². The Bertz CT molecular complexity index is 579. The zero-order valence-corrected chi connectivity index (χ0v) is 11.8. The first-order valence-corrected chi connectivity index (χ1v) is 7.01. The van der Waals surface area contributed by atoms with Crippen molar-refractivity contribution in [3.8, 4) is 0 Å². The van der Waals surface area contributed by atoms with Crippen molar-refractivity contribution in [3.63, 3.8) is 0 Å². The fourth-order valence-corrected chi connectivity index (χ4v) is 2.09. The largest absolute Gasteiger partial charge is 0.383 e. The van der Waals surface area contributed by atoms with Gasteiger partial charge in [0.15, 0.2) is 5.16 Å². The van der Waals surface area contributed by atoms with Gasteiger partial charge in [-0.25, -0.2) is 14.4 Å². The van der Waals surface area contributed by atoms with Gasteiger partial charge in [-0.1, -0.05) is 11.8 Å². The van der Waals surface area contributed by atoms with Crippen LogP contribution in [0.5, 0.6) is 0 Å². The molecular formula is C11H10BrFN4S. The molecule has 0 fully saturated rings. The first-order valence-electron chi connectivity index (χ1n) is 4.99. The van der Waals surface area contributed by atoms with Crippen LogP contribution in [0.4, 0.5) is 21.7 Å². The van der Waals surface area contributed by atoms with Crippen LogP contribution in [0.2, 0.25) is 0 Å². The molecule has 0 aliphatic rings. The lowest BCUT2D eigenvalue weighted by atomic mass is 10.3. The van der Waals surface area contributed by atoms with Crippen LogP contribution in [0.1, 0.15) is 0 Å². The molecule has 0 radical (unpaired) electrons. The number of hydrogen-bond acceptors (Lipinski definition) is 5. The Morgan fingerprint density at radius 2 is 2.11 bits per heavy atom. The van der Waals surface area contributed by atoms with E-state index in [0.717, 1.165) is 0 Å². The van der Waals surface area contributed by atoms with Crippen LogP contribution in [0.15, 0.2) is 33.9 Å². The van der Waals surface area contributed by atoms with Gasteiger partial charge in [0.25, 0.3) is 0 Å². The molecule has 0 bridgehead atoms. The van der Waals surface area contributed by atoms with Crippen molar-refractivity contribution in [2.75, 3.05) is 17.3 Å². The minimum Gasteiger partial charge on any atom is -0.383 e. The summed E-state index contributed by atoms with van der Waals surface area (Å²) in [6, 6.07) is 6.24. The van der Waals surface area contributed by atoms with Gasteiger partial charge in [-0.2, -0.15) is 0 Å². The lowest BCUT2D eigenvalue weighted by Gasteiger charge is -2.08. The average molecular weight is 329 g/mol. The van der Waals surface area contributed by atoms with E-state index in [1.807, 2.05) is 6.26 Å². The van der Waals surface area contributed by atoms with Crippen molar-refractivity contribution in [3.05, 3.63) is 34.6 Å². The molecule has 0 unspecified atom stereocenters. The highest BCUT2D eigenvalue weighted by molar-refractivity contribution is 9.10. The second kappa shape index (κ2) is 5.53. The van der Waals surface area contributed by atoms with Gasteiger partial charge in [-0.05, 0) is 40.4 Å². The van der Waals surface area contributed by atoms with Crippen molar-refractivity contribution in [1.82, 2.24) is 9.97 Å². The third kappa shape index (κ3) is 3.11. The maximum absolute atomic E-state index is 13.1. The van der Waals surface area contributed by atoms with Gasteiger partial charge in [0.05, 0.1) is 4.47 Å². The standard InChI is InChI=1S/C11H10BrFN4S/c1-18-11-16-9(14)5-10(17-11)15-6-2-3-8(13)7(12)4-6/h2-5H,1H3,(H3,14,15,16,17). The first-order chi connectivity index (χ1) is 8.58. The summed E-state index contributed by atoms with van der Waals surface area (Å²) in [5, 5.41) is 3.63. The molecular weight excluding hydrogens is 319 g/mol. The number of hydrogen-bond donors (Lipinski definition) is 2. The molecule has 0 amide bonds. The van der Waals surface area contributed by atoms with Gasteiger partial charge >= 0.3 is 0 Å². The van der Waals surface area contributed by atoms with Crippen molar-refractivity contribution >= 4 is 45.0 Å². The summed E-state index contributed by atoms with van der Waals surface area (Å²) in [5.41, 5.74) is 6.39. The van der Waals surface area contributed by atoms with E-state index in [4.69, 9.17) is 5.73 Å². The summed E-state index contributed by atoms with van der Waals surface area (Å²) in [6.45, 7) is 0. The van der Waals surface area contributed by atoms with Gasteiger partial charge in [0, 0.05) is 11.8 Å². The molecule has 7 heteroatoms. The molecule has 4 nitrogen and oxygen atoms in total. The molecule has 2 rings (SSSR count). The molecule has 0 spiro atoms. The van der Waals surface area contributed by atoms with Crippen molar-refractivity contribution in [1.29, 1.82) is 0 Å². The van der Waals surface area contributed by atoms with Crippen LogP contribution >= 0.6 is 27.7 Å². The topological polar surface area (TPSA) is 63.8 Å². The van der Waals surface area contributed by atoms with E-state index in [9.17, 15) is 4.39 Å². The van der Waals surface area contributed by atoms with Crippen molar-refractivity contribution in [2.24, 2.45) is 0 Å². The maximum Gasteiger partial charge on any atom is 0.191 e. The average Bonchev–Trinajstić information content (AvgIpc) is 2.33. The number of benzene rings is 1. The highest BCUT2D eigenvalue weighted by Gasteiger charge is 2.04. The maximum atomic E-state index is 13.1. The van der Waals surface area contributed by atoms with E-state index in [2.05, 4.69) is 31.2 Å². The SMILES string of the molecule is CSc1nc(N)cc(Nc2ccc(F)c(Br)c2)n1. The Labute approximate surface area is 116 Å². The molecule has 0 aliphatic carbocycles. The third-order valence-electron chi connectivity index (χ3n) is 2.10. The van der Waals surface area contributed by atoms with Gasteiger partial charge in [-0.15, -0.1) is 0 Å². The number of aromatic nitrogens is 2. The number of nitrogens with one attached hydrogen (secondary N) is 1. The second-order valence-corrected chi connectivity index (χ2v) is 5.05. The monoisotopic (exact) mass is 328 g/mol. The zero-order chi connectivity index (χ0) is 13.1. The molecule has 0 saturated heterocycles. The molecule has 94 valence electrons. The quantitative estimate of drug-likeness (QED) is 0.667. The Morgan fingerprint density at radius 3 is 2.78 bits per heavy atom. The predicted molar refractivity (Wildman–Crippen MR) is 75.6 cm³/mol. The molecule has 2 aromatic rings. The van der Waals surface area contributed by atoms with Gasteiger partial charge in [0.1, 0.15) is 17.5 Å². The van der Waals surface area contributed by atoms with Gasteiger partial charge in [0.2, 0.25) is 0 Å². The van der Waals surface area contributed by atoms with Gasteiger partial charge < -0.3 is 11.1 Å². The minimum absolute atomic E-state index is 0.312. The number of nitrogens with two attached hydrogens (primary N) is 1. The summed E-state index contributed by atoms with van der Waals surface area (Å²) in [5.74, 6) is 0.649. The highest BCUT2D eigenvalue weighted by atomic mass is 79.9. The number of nitrogens with zero attached hydrogens (tertiary/aromatic N) is 2. The van der Waals surface area contributed by atoms with E-state index in [1.165, 1.54) is 17.8 Å². The molecule has 0 aliphatic heterocycles. The van der Waals surface area contributed by atoms with Crippen LogP contribution in [0.3, 0.4) is 0 Å². The van der Waals surface area contributed by atoms with E-state index < -0.39 is 0 Å². The zero-order valence-electron chi connectivity index (χ0n) is 9.45. The Hall–Kier alpha value is -1.34. The number of nitrogen functional groups attached to an aromatic ring is 1. The minimum atomic E-state index is -0.312. The van der Waals surface area contributed by atoms with E-state index in [1.54, 1.807) is 18.2 Å². The Balaban J connectivity index is 2.27. The first kappa shape index (κ1) is 13.1.